The first kappa shape index (κ1) is 18.2. The molecule has 0 saturated heterocycles. The molecule has 0 amide bonds. The lowest BCUT2D eigenvalue weighted by Gasteiger charge is -2.05. The number of hydrogen-bond acceptors (Lipinski definition) is 3. The van der Waals surface area contributed by atoms with E-state index in [-0.39, 0.29) is 23.2 Å². The third kappa shape index (κ3) is 2.88. The summed E-state index contributed by atoms with van der Waals surface area (Å²) in [6.45, 7) is 0.236. The summed E-state index contributed by atoms with van der Waals surface area (Å²) in [5.74, 6) is -2.05. The zero-order chi connectivity index (χ0) is 20.8. The molecule has 0 bridgehead atoms. The molecule has 0 unspecified atom stereocenters. The van der Waals surface area contributed by atoms with Crippen LogP contribution >= 0.6 is 0 Å². The van der Waals surface area contributed by atoms with Crippen LogP contribution in [0.15, 0.2) is 47.5 Å². The average Bonchev–Trinajstić information content (AvgIpc) is 3.34. The van der Waals surface area contributed by atoms with E-state index in [2.05, 4.69) is 21.0 Å². The van der Waals surface area contributed by atoms with Gasteiger partial charge in [-0.05, 0) is 37.1 Å². The number of aromatic amines is 2. The maximum Gasteiger partial charge on any atom is 0.275 e. The number of hydrogen-bond donors (Lipinski definition) is 2. The third-order valence-electron chi connectivity index (χ3n) is 5.27. The molecule has 0 saturated carbocycles. The molecule has 2 N–H and O–H groups in total. The van der Waals surface area contributed by atoms with Crippen molar-refractivity contribution >= 4 is 22.8 Å². The predicted molar refractivity (Wildman–Crippen MR) is 107 cm³/mol. The molecule has 150 valence electrons. The number of carbonyl (C=O) groups is 1. The Bertz CT molecular complexity index is 1370. The van der Waals surface area contributed by atoms with Gasteiger partial charge in [0.1, 0.15) is 23.0 Å². The Morgan fingerprint density at radius 2 is 2.00 bits per heavy atom. The molecule has 1 aliphatic carbocycles. The second kappa shape index (κ2) is 6.91. The van der Waals surface area contributed by atoms with Crippen LogP contribution in [0.1, 0.15) is 39.6 Å². The molecule has 1 aliphatic rings. The quantitative estimate of drug-likeness (QED) is 0.508. The molecule has 3 aromatic heterocycles. The van der Waals surface area contributed by atoms with Crippen molar-refractivity contribution in [3.63, 3.8) is 0 Å². The number of halogens is 2. The van der Waals surface area contributed by atoms with Gasteiger partial charge in [-0.25, -0.2) is 13.8 Å². The lowest BCUT2D eigenvalue weighted by molar-refractivity contribution is 0.103. The monoisotopic (exact) mass is 406 g/mol. The number of benzene rings is 1. The van der Waals surface area contributed by atoms with Gasteiger partial charge < -0.3 is 14.5 Å². The summed E-state index contributed by atoms with van der Waals surface area (Å²) in [4.78, 5) is 36.2. The minimum atomic E-state index is -0.946. The van der Waals surface area contributed by atoms with Crippen LogP contribution in [0.4, 0.5) is 8.78 Å². The maximum atomic E-state index is 14.0. The number of allylic oxidation sites excluding steroid dienone is 1. The van der Waals surface area contributed by atoms with Crippen LogP contribution in [0.5, 0.6) is 0 Å². The number of ketones is 1. The number of pyridine rings is 1. The highest BCUT2D eigenvalue weighted by molar-refractivity contribution is 6.16. The van der Waals surface area contributed by atoms with Crippen molar-refractivity contribution in [3.8, 4) is 0 Å². The molecule has 4 aromatic rings. The Kier molecular flexibility index (Phi) is 4.20. The van der Waals surface area contributed by atoms with Gasteiger partial charge in [-0.15, -0.1) is 0 Å². The molecule has 0 aliphatic heterocycles. The summed E-state index contributed by atoms with van der Waals surface area (Å²) >= 11 is 0. The van der Waals surface area contributed by atoms with Gasteiger partial charge in [-0.1, -0.05) is 12.1 Å². The van der Waals surface area contributed by atoms with Gasteiger partial charge in [-0.3, -0.25) is 9.59 Å². The van der Waals surface area contributed by atoms with Crippen molar-refractivity contribution in [2.24, 2.45) is 0 Å². The Balaban J connectivity index is 1.52. The van der Waals surface area contributed by atoms with Gasteiger partial charge in [0.15, 0.2) is 0 Å². The van der Waals surface area contributed by atoms with Crippen molar-refractivity contribution in [2.75, 3.05) is 0 Å². The first-order chi connectivity index (χ1) is 14.5. The molecule has 1 aromatic carbocycles. The Hall–Kier alpha value is -3.81. The second-order valence-electron chi connectivity index (χ2n) is 7.15. The molecular formula is C22H16F2N4O2. The maximum absolute atomic E-state index is 14.0. The minimum Gasteiger partial charge on any atom is -0.356 e. The van der Waals surface area contributed by atoms with E-state index >= 15 is 0 Å². The number of H-pyrrole nitrogens is 2. The highest BCUT2D eigenvalue weighted by Gasteiger charge is 2.22. The van der Waals surface area contributed by atoms with Gasteiger partial charge >= 0.3 is 0 Å². The molecule has 3 heterocycles. The van der Waals surface area contributed by atoms with E-state index in [4.69, 9.17) is 0 Å². The molecule has 0 radical (unpaired) electrons. The average molecular weight is 406 g/mol. The van der Waals surface area contributed by atoms with E-state index in [0.717, 1.165) is 36.4 Å². The summed E-state index contributed by atoms with van der Waals surface area (Å²) in [5.41, 5.74) is 1.15. The summed E-state index contributed by atoms with van der Waals surface area (Å²) < 4.78 is 29.5. The Morgan fingerprint density at radius 1 is 1.20 bits per heavy atom. The molecule has 30 heavy (non-hydrogen) atoms. The van der Waals surface area contributed by atoms with Crippen LogP contribution in [0, 0.1) is 11.6 Å². The van der Waals surface area contributed by atoms with Gasteiger partial charge in [0.05, 0.1) is 17.8 Å². The summed E-state index contributed by atoms with van der Waals surface area (Å²) in [5, 5.41) is 0.311. The van der Waals surface area contributed by atoms with Gasteiger partial charge in [-0.2, -0.15) is 0 Å². The highest BCUT2D eigenvalue weighted by atomic mass is 19.1. The number of aryl methyl sites for hydroxylation is 1. The van der Waals surface area contributed by atoms with E-state index in [1.165, 1.54) is 16.8 Å². The van der Waals surface area contributed by atoms with E-state index < -0.39 is 23.0 Å². The summed E-state index contributed by atoms with van der Waals surface area (Å²) in [6, 6.07) is 4.83. The topological polar surface area (TPSA) is 83.5 Å². The van der Waals surface area contributed by atoms with Crippen LogP contribution in [-0.2, 0) is 13.0 Å². The molecular weight excluding hydrogens is 390 g/mol. The number of carbonyl (C=O) groups excluding carboxylic acids is 1. The molecule has 0 atom stereocenters. The summed E-state index contributed by atoms with van der Waals surface area (Å²) in [7, 11) is 0. The van der Waals surface area contributed by atoms with Crippen molar-refractivity contribution in [1.29, 1.82) is 0 Å². The molecule has 8 heteroatoms. The van der Waals surface area contributed by atoms with Crippen molar-refractivity contribution < 1.29 is 13.6 Å². The van der Waals surface area contributed by atoms with Crippen LogP contribution in [0.2, 0.25) is 0 Å². The lowest BCUT2D eigenvalue weighted by atomic mass is 10.0. The van der Waals surface area contributed by atoms with E-state index in [1.54, 1.807) is 12.3 Å². The normalized spacial score (nSPS) is 13.0. The number of fused-ring (bicyclic) bond motifs is 2. The van der Waals surface area contributed by atoms with Crippen molar-refractivity contribution in [2.45, 2.75) is 19.4 Å². The number of rotatable bonds is 4. The van der Waals surface area contributed by atoms with E-state index in [1.807, 2.05) is 6.08 Å². The molecule has 0 spiro atoms. The van der Waals surface area contributed by atoms with Gasteiger partial charge in [0.25, 0.3) is 5.56 Å². The van der Waals surface area contributed by atoms with Crippen LogP contribution in [-0.4, -0.2) is 25.3 Å². The fourth-order valence-electron chi connectivity index (χ4n) is 3.79. The zero-order valence-electron chi connectivity index (χ0n) is 15.7. The van der Waals surface area contributed by atoms with Crippen LogP contribution < -0.4 is 5.56 Å². The fraction of sp³-hybridized carbons (Fsp3) is 0.136. The standard InChI is InChI=1S/C22H16F2N4O2/c23-14-4-3-5-15(24)19(14)21(29)13-10-25-20-12(13)8-9-28(22(20)30)11-18-26-16-6-1-2-7-17(16)27-18/h1,3-6,8-10,25H,2,7,11H2,(H,26,27). The Morgan fingerprint density at radius 3 is 2.77 bits per heavy atom. The minimum absolute atomic E-state index is 0.0387. The summed E-state index contributed by atoms with van der Waals surface area (Å²) in [6.07, 6.45) is 8.69. The van der Waals surface area contributed by atoms with E-state index in [0.29, 0.717) is 11.2 Å². The SMILES string of the molecule is O=C(c1c(F)cccc1F)c1c[nH]c2c(=O)n(Cc3nc4c([nH]3)CCC=C4)ccc12. The largest absolute Gasteiger partial charge is 0.356 e. The number of aromatic nitrogens is 4. The van der Waals surface area contributed by atoms with Gasteiger partial charge in [0.2, 0.25) is 5.78 Å². The fourth-order valence-corrected chi connectivity index (χ4v) is 3.79. The number of imidazole rings is 1. The lowest BCUT2D eigenvalue weighted by Crippen LogP contribution is -2.21. The van der Waals surface area contributed by atoms with Crippen molar-refractivity contribution in [1.82, 2.24) is 19.5 Å². The number of nitrogens with one attached hydrogen (secondary N) is 2. The van der Waals surface area contributed by atoms with E-state index in [9.17, 15) is 18.4 Å². The first-order valence-electron chi connectivity index (χ1n) is 9.46. The molecule has 6 nitrogen and oxygen atoms in total. The van der Waals surface area contributed by atoms with Crippen LogP contribution in [0.25, 0.3) is 17.0 Å². The van der Waals surface area contributed by atoms with Gasteiger partial charge in [0, 0.05) is 29.0 Å². The highest BCUT2D eigenvalue weighted by Crippen LogP contribution is 2.23. The third-order valence-corrected chi connectivity index (χ3v) is 5.27. The number of nitrogens with zero attached hydrogens (tertiary/aromatic N) is 2. The smallest absolute Gasteiger partial charge is 0.275 e. The van der Waals surface area contributed by atoms with Crippen LogP contribution in [0.3, 0.4) is 0 Å². The molecule has 0 fully saturated rings. The second-order valence-corrected chi connectivity index (χ2v) is 7.15. The predicted octanol–water partition coefficient (Wildman–Crippen LogP) is 3.57. The Labute approximate surface area is 168 Å². The first-order valence-corrected chi connectivity index (χ1v) is 9.46. The molecule has 5 rings (SSSR count). The van der Waals surface area contributed by atoms with Crippen molar-refractivity contribution in [3.05, 3.63) is 93.1 Å². The zero-order valence-corrected chi connectivity index (χ0v) is 15.7.